The molecule has 1 aromatic rings. The van der Waals surface area contributed by atoms with Gasteiger partial charge < -0.3 is 0 Å². The van der Waals surface area contributed by atoms with Crippen molar-refractivity contribution in [1.82, 2.24) is 5.43 Å². The molecule has 0 spiro atoms. The van der Waals surface area contributed by atoms with Crippen LogP contribution in [0.15, 0.2) is 29.4 Å². The quantitative estimate of drug-likeness (QED) is 0.774. The van der Waals surface area contributed by atoms with Gasteiger partial charge >= 0.3 is 0 Å². The van der Waals surface area contributed by atoms with Crippen LogP contribution in [0.3, 0.4) is 0 Å². The van der Waals surface area contributed by atoms with Gasteiger partial charge in [0.1, 0.15) is 5.04 Å². The van der Waals surface area contributed by atoms with E-state index in [2.05, 4.69) is 17.5 Å². The van der Waals surface area contributed by atoms with Crippen LogP contribution in [-0.2, 0) is 0 Å². The van der Waals surface area contributed by atoms with Crippen LogP contribution in [0.4, 0.5) is 0 Å². The lowest BCUT2D eigenvalue weighted by molar-refractivity contribution is 0.754. The van der Waals surface area contributed by atoms with E-state index in [1.54, 1.807) is 11.8 Å². The Morgan fingerprint density at radius 2 is 2.38 bits per heavy atom. The van der Waals surface area contributed by atoms with E-state index in [1.807, 2.05) is 24.3 Å². The SMILES string of the molecule is CC1NN=C(c2cccc(Cl)c2)S1. The Bertz CT molecular complexity index is 351. The van der Waals surface area contributed by atoms with Crippen molar-refractivity contribution >= 4 is 28.4 Å². The van der Waals surface area contributed by atoms with Crippen LogP contribution in [0.25, 0.3) is 0 Å². The predicted octanol–water partition coefficient (Wildman–Crippen LogP) is 2.68. The normalized spacial score (nSPS) is 21.1. The van der Waals surface area contributed by atoms with Crippen molar-refractivity contribution in [3.63, 3.8) is 0 Å². The third-order valence-electron chi connectivity index (χ3n) is 1.71. The molecular weight excluding hydrogens is 204 g/mol. The van der Waals surface area contributed by atoms with Crippen LogP contribution in [0, 0.1) is 0 Å². The summed E-state index contributed by atoms with van der Waals surface area (Å²) in [4.78, 5) is 0. The summed E-state index contributed by atoms with van der Waals surface area (Å²) < 4.78 is 0. The molecule has 0 amide bonds. The standard InChI is InChI=1S/C9H9ClN2S/c1-6-11-12-9(13-6)7-3-2-4-8(10)5-7/h2-6,11H,1H3. The zero-order valence-electron chi connectivity index (χ0n) is 7.12. The third kappa shape index (κ3) is 1.98. The van der Waals surface area contributed by atoms with Crippen molar-refractivity contribution in [2.45, 2.75) is 12.3 Å². The van der Waals surface area contributed by atoms with Gasteiger partial charge in [0, 0.05) is 10.6 Å². The Labute approximate surface area is 86.4 Å². The molecule has 1 atom stereocenters. The van der Waals surface area contributed by atoms with Crippen molar-refractivity contribution in [1.29, 1.82) is 0 Å². The molecule has 0 saturated heterocycles. The van der Waals surface area contributed by atoms with E-state index >= 15 is 0 Å². The van der Waals surface area contributed by atoms with E-state index in [-0.39, 0.29) is 0 Å². The summed E-state index contributed by atoms with van der Waals surface area (Å²) >= 11 is 7.58. The molecule has 0 radical (unpaired) electrons. The zero-order chi connectivity index (χ0) is 9.26. The summed E-state index contributed by atoms with van der Waals surface area (Å²) in [6.45, 7) is 2.08. The molecule has 0 saturated carbocycles. The average Bonchev–Trinajstić information content (AvgIpc) is 2.52. The molecule has 0 bridgehead atoms. The van der Waals surface area contributed by atoms with E-state index in [0.29, 0.717) is 5.37 Å². The second-order valence-corrected chi connectivity index (χ2v) is 4.58. The Morgan fingerprint density at radius 3 is 3.00 bits per heavy atom. The number of hydrogen-bond acceptors (Lipinski definition) is 3. The van der Waals surface area contributed by atoms with Crippen molar-refractivity contribution in [3.8, 4) is 0 Å². The number of nitrogens with one attached hydrogen (secondary N) is 1. The fourth-order valence-corrected chi connectivity index (χ4v) is 2.12. The van der Waals surface area contributed by atoms with Crippen LogP contribution in [0.5, 0.6) is 0 Å². The van der Waals surface area contributed by atoms with E-state index < -0.39 is 0 Å². The van der Waals surface area contributed by atoms with Gasteiger partial charge in [0.15, 0.2) is 0 Å². The van der Waals surface area contributed by atoms with Gasteiger partial charge in [0.2, 0.25) is 0 Å². The fraction of sp³-hybridized carbons (Fsp3) is 0.222. The van der Waals surface area contributed by atoms with E-state index in [1.165, 1.54) is 0 Å². The first-order valence-electron chi connectivity index (χ1n) is 4.01. The highest BCUT2D eigenvalue weighted by Crippen LogP contribution is 2.23. The van der Waals surface area contributed by atoms with Crippen molar-refractivity contribution in [2.24, 2.45) is 5.10 Å². The second kappa shape index (κ2) is 3.60. The Morgan fingerprint density at radius 1 is 1.54 bits per heavy atom. The highest BCUT2D eigenvalue weighted by molar-refractivity contribution is 8.15. The molecule has 1 heterocycles. The summed E-state index contributed by atoms with van der Waals surface area (Å²) in [7, 11) is 0. The molecule has 0 fully saturated rings. The predicted molar refractivity (Wildman–Crippen MR) is 58.2 cm³/mol. The summed E-state index contributed by atoms with van der Waals surface area (Å²) in [5.74, 6) is 0. The second-order valence-electron chi connectivity index (χ2n) is 2.82. The van der Waals surface area contributed by atoms with Crippen LogP contribution in [0.1, 0.15) is 12.5 Å². The number of halogens is 1. The molecule has 2 rings (SSSR count). The topological polar surface area (TPSA) is 24.4 Å². The molecule has 13 heavy (non-hydrogen) atoms. The number of nitrogens with zero attached hydrogens (tertiary/aromatic N) is 1. The number of hydrazone groups is 1. The fourth-order valence-electron chi connectivity index (χ4n) is 1.12. The first-order valence-corrected chi connectivity index (χ1v) is 5.27. The number of benzene rings is 1. The highest BCUT2D eigenvalue weighted by atomic mass is 35.5. The lowest BCUT2D eigenvalue weighted by Crippen LogP contribution is -2.09. The lowest BCUT2D eigenvalue weighted by atomic mass is 10.2. The molecule has 1 unspecified atom stereocenters. The Kier molecular flexibility index (Phi) is 2.47. The first-order chi connectivity index (χ1) is 6.25. The monoisotopic (exact) mass is 212 g/mol. The van der Waals surface area contributed by atoms with Gasteiger partial charge in [-0.1, -0.05) is 35.5 Å². The minimum atomic E-state index is 0.356. The summed E-state index contributed by atoms with van der Waals surface area (Å²) in [5, 5.41) is 6.31. The zero-order valence-corrected chi connectivity index (χ0v) is 8.69. The molecule has 0 aromatic heterocycles. The van der Waals surface area contributed by atoms with Gasteiger partial charge in [-0.2, -0.15) is 5.10 Å². The van der Waals surface area contributed by atoms with E-state index in [0.717, 1.165) is 15.6 Å². The highest BCUT2D eigenvalue weighted by Gasteiger charge is 2.15. The Balaban J connectivity index is 2.26. The minimum absolute atomic E-state index is 0.356. The molecule has 0 aliphatic carbocycles. The summed E-state index contributed by atoms with van der Waals surface area (Å²) in [5.41, 5.74) is 4.07. The van der Waals surface area contributed by atoms with Gasteiger partial charge in [0.05, 0.1) is 5.37 Å². The van der Waals surface area contributed by atoms with Crippen molar-refractivity contribution in [2.75, 3.05) is 0 Å². The van der Waals surface area contributed by atoms with Crippen LogP contribution in [0.2, 0.25) is 5.02 Å². The Hall–Kier alpha value is -0.670. The number of rotatable bonds is 1. The van der Waals surface area contributed by atoms with E-state index in [9.17, 15) is 0 Å². The maximum absolute atomic E-state index is 5.87. The van der Waals surface area contributed by atoms with Crippen LogP contribution < -0.4 is 5.43 Å². The van der Waals surface area contributed by atoms with Gasteiger partial charge in [-0.05, 0) is 19.1 Å². The van der Waals surface area contributed by atoms with Crippen LogP contribution >= 0.6 is 23.4 Å². The third-order valence-corrected chi connectivity index (χ3v) is 2.95. The number of hydrogen-bond donors (Lipinski definition) is 1. The molecule has 1 aromatic carbocycles. The maximum Gasteiger partial charge on any atom is 0.125 e. The maximum atomic E-state index is 5.87. The molecule has 68 valence electrons. The lowest BCUT2D eigenvalue weighted by Gasteiger charge is -2.00. The molecule has 1 aliphatic heterocycles. The largest absolute Gasteiger partial charge is 0.296 e. The molecule has 2 nitrogen and oxygen atoms in total. The van der Waals surface area contributed by atoms with Crippen LogP contribution in [-0.4, -0.2) is 10.4 Å². The van der Waals surface area contributed by atoms with Gasteiger partial charge in [0.25, 0.3) is 0 Å². The van der Waals surface area contributed by atoms with Crippen molar-refractivity contribution in [3.05, 3.63) is 34.9 Å². The smallest absolute Gasteiger partial charge is 0.125 e. The number of thioether (sulfide) groups is 1. The minimum Gasteiger partial charge on any atom is -0.296 e. The van der Waals surface area contributed by atoms with Crippen molar-refractivity contribution < 1.29 is 0 Å². The average molecular weight is 213 g/mol. The van der Waals surface area contributed by atoms with Gasteiger partial charge in [-0.15, -0.1) is 0 Å². The van der Waals surface area contributed by atoms with Gasteiger partial charge in [-0.25, -0.2) is 0 Å². The molecule has 1 aliphatic rings. The molecule has 4 heteroatoms. The summed E-state index contributed by atoms with van der Waals surface area (Å²) in [6, 6.07) is 7.73. The molecule has 1 N–H and O–H groups in total. The van der Waals surface area contributed by atoms with E-state index in [4.69, 9.17) is 11.6 Å². The summed E-state index contributed by atoms with van der Waals surface area (Å²) in [6.07, 6.45) is 0. The first kappa shape index (κ1) is 8.91. The molecular formula is C9H9ClN2S. The van der Waals surface area contributed by atoms with Gasteiger partial charge in [-0.3, -0.25) is 5.43 Å².